The normalized spacial score (nSPS) is 63.3. The van der Waals surface area contributed by atoms with Gasteiger partial charge in [0.25, 0.3) is 0 Å². The van der Waals surface area contributed by atoms with Gasteiger partial charge in [0, 0.05) is 12.3 Å². The quantitative estimate of drug-likeness (QED) is 0.579. The smallest absolute Gasteiger partial charge is 0.171 e. The van der Waals surface area contributed by atoms with Crippen molar-refractivity contribution in [3.63, 3.8) is 0 Å². The van der Waals surface area contributed by atoms with Gasteiger partial charge in [-0.25, -0.2) is 0 Å². The molecule has 2 N–H and O–H groups in total. The fraction of sp³-hybridized carbons (Fsp3) is 1.00. The molecule has 6 fully saturated rings. The summed E-state index contributed by atoms with van der Waals surface area (Å²) in [6.07, 6.45) is 9.51. The van der Waals surface area contributed by atoms with E-state index in [4.69, 9.17) is 9.47 Å². The second-order valence-electron chi connectivity index (χ2n) is 13.2. The van der Waals surface area contributed by atoms with E-state index in [0.29, 0.717) is 41.1 Å². The van der Waals surface area contributed by atoms with Gasteiger partial charge in [-0.15, -0.1) is 0 Å². The van der Waals surface area contributed by atoms with Gasteiger partial charge in [-0.3, -0.25) is 0 Å². The van der Waals surface area contributed by atoms with Crippen molar-refractivity contribution in [2.75, 3.05) is 6.61 Å². The predicted octanol–water partition coefficient (Wildman–Crippen LogP) is 4.76. The molecule has 2 saturated heterocycles. The van der Waals surface area contributed by atoms with Crippen molar-refractivity contribution in [3.05, 3.63) is 0 Å². The van der Waals surface area contributed by atoms with Crippen LogP contribution in [0.4, 0.5) is 0 Å². The zero-order valence-electron chi connectivity index (χ0n) is 20.1. The van der Waals surface area contributed by atoms with E-state index in [9.17, 15) is 10.2 Å². The van der Waals surface area contributed by atoms with E-state index in [1.807, 2.05) is 0 Å². The van der Waals surface area contributed by atoms with Gasteiger partial charge in [-0.1, -0.05) is 27.7 Å². The monoisotopic (exact) mass is 432 g/mol. The van der Waals surface area contributed by atoms with Gasteiger partial charge < -0.3 is 19.7 Å². The molecule has 0 aromatic rings. The van der Waals surface area contributed by atoms with Crippen molar-refractivity contribution >= 4 is 0 Å². The van der Waals surface area contributed by atoms with Gasteiger partial charge in [0.2, 0.25) is 0 Å². The summed E-state index contributed by atoms with van der Waals surface area (Å²) in [6, 6.07) is 0. The molecule has 4 aliphatic carbocycles. The molecule has 0 aromatic heterocycles. The lowest BCUT2D eigenvalue weighted by Gasteiger charge is -2.61. The maximum Gasteiger partial charge on any atom is 0.171 e. The summed E-state index contributed by atoms with van der Waals surface area (Å²) in [7, 11) is 0. The summed E-state index contributed by atoms with van der Waals surface area (Å²) in [4.78, 5) is 0. The lowest BCUT2D eigenvalue weighted by atomic mass is 9.44. The number of hydrogen-bond acceptors (Lipinski definition) is 4. The highest BCUT2D eigenvalue weighted by atomic mass is 16.7. The molecule has 0 radical (unpaired) electrons. The van der Waals surface area contributed by atoms with Crippen molar-refractivity contribution in [2.45, 2.75) is 110 Å². The van der Waals surface area contributed by atoms with Gasteiger partial charge in [-0.05, 0) is 97.7 Å². The number of rotatable bonds is 0. The van der Waals surface area contributed by atoms with Gasteiger partial charge in [0.05, 0.1) is 24.9 Å². The Kier molecular flexibility index (Phi) is 4.78. The number of aliphatic hydroxyl groups is 2. The summed E-state index contributed by atoms with van der Waals surface area (Å²) in [5.41, 5.74) is 0.550. The zero-order chi connectivity index (χ0) is 21.8. The number of aliphatic hydroxyl groups excluding tert-OH is 2. The molecule has 4 saturated carbocycles. The Morgan fingerprint density at radius 1 is 0.839 bits per heavy atom. The summed E-state index contributed by atoms with van der Waals surface area (Å²) in [5, 5.41) is 20.9. The lowest BCUT2D eigenvalue weighted by Crippen LogP contribution is -2.57. The third-order valence-corrected chi connectivity index (χ3v) is 12.0. The maximum atomic E-state index is 10.6. The fourth-order valence-electron chi connectivity index (χ4n) is 10.3. The van der Waals surface area contributed by atoms with Gasteiger partial charge in [-0.2, -0.15) is 0 Å². The second-order valence-corrected chi connectivity index (χ2v) is 13.2. The van der Waals surface area contributed by atoms with E-state index >= 15 is 0 Å². The van der Waals surface area contributed by atoms with E-state index in [1.165, 1.54) is 38.5 Å². The van der Waals surface area contributed by atoms with E-state index in [0.717, 1.165) is 37.7 Å². The largest absolute Gasteiger partial charge is 0.390 e. The Hall–Kier alpha value is -0.160. The van der Waals surface area contributed by atoms with Crippen LogP contribution in [-0.2, 0) is 9.47 Å². The Labute approximate surface area is 188 Å². The molecule has 0 unspecified atom stereocenters. The van der Waals surface area contributed by atoms with E-state index in [1.54, 1.807) is 0 Å². The molecule has 0 aromatic carbocycles. The first-order chi connectivity index (χ1) is 14.7. The Balaban J connectivity index is 1.26. The number of fused-ring (bicyclic) bond motifs is 7. The van der Waals surface area contributed by atoms with Crippen LogP contribution in [0.2, 0.25) is 0 Å². The van der Waals surface area contributed by atoms with Crippen molar-refractivity contribution in [1.29, 1.82) is 0 Å². The molecule has 31 heavy (non-hydrogen) atoms. The fourth-order valence-corrected chi connectivity index (χ4v) is 10.3. The van der Waals surface area contributed by atoms with E-state index < -0.39 is 12.2 Å². The van der Waals surface area contributed by atoms with Crippen LogP contribution in [0.15, 0.2) is 0 Å². The van der Waals surface area contributed by atoms with E-state index in [2.05, 4.69) is 27.7 Å². The van der Waals surface area contributed by atoms with Crippen molar-refractivity contribution in [2.24, 2.45) is 52.3 Å². The molecule has 4 heteroatoms. The molecule has 2 heterocycles. The van der Waals surface area contributed by atoms with Gasteiger partial charge >= 0.3 is 0 Å². The van der Waals surface area contributed by atoms with Crippen LogP contribution in [0.5, 0.6) is 0 Å². The maximum absolute atomic E-state index is 10.6. The molecular formula is C27H44O4. The molecule has 176 valence electrons. The molecular weight excluding hydrogens is 388 g/mol. The predicted molar refractivity (Wildman–Crippen MR) is 119 cm³/mol. The van der Waals surface area contributed by atoms with Crippen molar-refractivity contribution in [1.82, 2.24) is 0 Å². The number of hydrogen-bond donors (Lipinski definition) is 2. The van der Waals surface area contributed by atoms with Crippen LogP contribution in [0, 0.1) is 52.3 Å². The highest BCUT2D eigenvalue weighted by Crippen LogP contribution is 2.71. The third-order valence-electron chi connectivity index (χ3n) is 12.0. The van der Waals surface area contributed by atoms with E-state index in [-0.39, 0.29) is 11.2 Å². The molecule has 2 aliphatic heterocycles. The van der Waals surface area contributed by atoms with Gasteiger partial charge in [0.1, 0.15) is 0 Å². The first-order valence-electron chi connectivity index (χ1n) is 13.4. The second kappa shape index (κ2) is 6.93. The summed E-state index contributed by atoms with van der Waals surface area (Å²) in [6.45, 7) is 10.6. The Morgan fingerprint density at radius 3 is 2.39 bits per heavy atom. The minimum absolute atomic E-state index is 0.191. The zero-order valence-corrected chi connectivity index (χ0v) is 20.1. The molecule has 0 amide bonds. The minimum Gasteiger partial charge on any atom is -0.390 e. The SMILES string of the molecule is C[C@@H]1CC[C@@]2(OC1)O[C@H]1C[C@@H]3[C@H]4CC[C@@H]5C[C@H](O)[C@@H](O)C[C@]5(C)[C@@H]4CC[C@]3(C)[C@H]1[C@@H]2C. The molecule has 6 aliphatic rings. The van der Waals surface area contributed by atoms with Crippen LogP contribution in [0.25, 0.3) is 0 Å². The van der Waals surface area contributed by atoms with Crippen molar-refractivity contribution in [3.8, 4) is 0 Å². The first-order valence-corrected chi connectivity index (χ1v) is 13.4. The molecule has 4 nitrogen and oxygen atoms in total. The molecule has 1 spiro atoms. The Morgan fingerprint density at radius 2 is 1.65 bits per heavy atom. The van der Waals surface area contributed by atoms with Crippen molar-refractivity contribution < 1.29 is 19.7 Å². The van der Waals surface area contributed by atoms with Crippen LogP contribution in [-0.4, -0.2) is 40.9 Å². The van der Waals surface area contributed by atoms with Crippen LogP contribution in [0.3, 0.4) is 0 Å². The average molecular weight is 433 g/mol. The van der Waals surface area contributed by atoms with Crippen LogP contribution in [0.1, 0.15) is 85.5 Å². The molecule has 6 rings (SSSR count). The van der Waals surface area contributed by atoms with Crippen LogP contribution >= 0.6 is 0 Å². The first kappa shape index (κ1) is 21.4. The lowest BCUT2D eigenvalue weighted by molar-refractivity contribution is -0.273. The molecule has 0 bridgehead atoms. The summed E-state index contributed by atoms with van der Waals surface area (Å²) in [5.74, 6) is 4.21. The highest BCUT2D eigenvalue weighted by molar-refractivity contribution is 5.15. The van der Waals surface area contributed by atoms with Crippen LogP contribution < -0.4 is 0 Å². The highest BCUT2D eigenvalue weighted by Gasteiger charge is 2.69. The summed E-state index contributed by atoms with van der Waals surface area (Å²) >= 11 is 0. The average Bonchev–Trinajstić information content (AvgIpc) is 3.16. The third kappa shape index (κ3) is 2.80. The standard InChI is InChI=1S/C27H44O4/c1-15-7-10-27(30-14-15)16(2)24-23(31-27)12-20-18-6-5-17-11-21(28)22(29)13-26(17,4)19(18)8-9-25(20,24)3/h15-24,28-29H,5-14H2,1-4H3/t15-,16+,17-,18+,19-,20-,21+,22+,23+,24+,25+,26+,27-/m1/s1. The molecule has 13 atom stereocenters. The van der Waals surface area contributed by atoms with Gasteiger partial charge in [0.15, 0.2) is 5.79 Å². The summed E-state index contributed by atoms with van der Waals surface area (Å²) < 4.78 is 13.3. The Bertz CT molecular complexity index is 716. The minimum atomic E-state index is -0.537. The topological polar surface area (TPSA) is 58.9 Å². The number of ether oxygens (including phenoxy) is 2.